The number of H-pyrrole nitrogens is 1. The Hall–Kier alpha value is -3.00. The Bertz CT molecular complexity index is 1090. The first-order valence-corrected chi connectivity index (χ1v) is 9.98. The van der Waals surface area contributed by atoms with Gasteiger partial charge in [-0.25, -0.2) is 0 Å². The number of methoxy groups -OCH3 is 1. The average molecular weight is 387 g/mol. The zero-order chi connectivity index (χ0) is 19.4. The van der Waals surface area contributed by atoms with Crippen LogP contribution in [-0.2, 0) is 16.4 Å². The maximum Gasteiger partial charge on any atom is 0.356 e. The first kappa shape index (κ1) is 18.8. The van der Waals surface area contributed by atoms with E-state index in [4.69, 9.17) is 10.5 Å². The van der Waals surface area contributed by atoms with Crippen molar-refractivity contribution in [2.24, 2.45) is 5.73 Å². The molecule has 142 valence electrons. The third kappa shape index (κ3) is 4.22. The molecule has 0 aliphatic carbocycles. The number of aromatic nitrogens is 1. The minimum absolute atomic E-state index is 0.0293. The van der Waals surface area contributed by atoms with E-state index in [-0.39, 0.29) is 16.6 Å². The molecule has 0 bridgehead atoms. The second-order valence-corrected chi connectivity index (χ2v) is 7.86. The number of nitrogens with one attached hydrogen (secondary N) is 3. The zero-order valence-electron chi connectivity index (χ0n) is 15.2. The van der Waals surface area contributed by atoms with E-state index in [1.807, 2.05) is 37.4 Å². The fourth-order valence-corrected chi connectivity index (χ4v) is 4.13. The predicted molar refractivity (Wildman–Crippen MR) is 105 cm³/mol. The molecule has 8 heteroatoms. The number of hydrogen-bond donors (Lipinski definition) is 4. The summed E-state index contributed by atoms with van der Waals surface area (Å²) in [6.45, 7) is 2.30. The number of aryl methyl sites for hydroxylation is 1. The number of ether oxygens (including phenoxy) is 1. The molecule has 5 N–H and O–H groups in total. The lowest BCUT2D eigenvalue weighted by Gasteiger charge is -2.09. The van der Waals surface area contributed by atoms with Gasteiger partial charge in [0.05, 0.1) is 13.7 Å². The van der Waals surface area contributed by atoms with E-state index in [1.54, 1.807) is 18.2 Å². The molecule has 3 rings (SSSR count). The van der Waals surface area contributed by atoms with E-state index in [0.29, 0.717) is 13.0 Å². The molecule has 0 saturated heterocycles. The molecule has 0 aliphatic heterocycles. The van der Waals surface area contributed by atoms with Gasteiger partial charge >= 0.3 is 16.0 Å². The molecule has 7 nitrogen and oxygen atoms in total. The van der Waals surface area contributed by atoms with Gasteiger partial charge in [-0.2, -0.15) is 13.1 Å². The second kappa shape index (κ2) is 7.71. The summed E-state index contributed by atoms with van der Waals surface area (Å²) in [7, 11) is -2.42. The van der Waals surface area contributed by atoms with Gasteiger partial charge in [0.2, 0.25) is 0 Å². The Balaban J connectivity index is 1.71. The SMILES string of the molecule is COc1ccc(C)cc1S(=O)(=O)NC(N)=[NH+]CCc1c[nH]c2ccccc12. The highest BCUT2D eigenvalue weighted by Gasteiger charge is 2.24. The molecule has 0 atom stereocenters. The Morgan fingerprint density at radius 1 is 1.26 bits per heavy atom. The van der Waals surface area contributed by atoms with Crippen molar-refractivity contribution < 1.29 is 18.1 Å². The topological polar surface area (TPSA) is 111 Å². The molecule has 1 aromatic heterocycles. The van der Waals surface area contributed by atoms with Crippen molar-refractivity contribution in [3.8, 4) is 5.75 Å². The summed E-state index contributed by atoms with van der Waals surface area (Å²) < 4.78 is 32.7. The van der Waals surface area contributed by atoms with Crippen LogP contribution >= 0.6 is 0 Å². The highest BCUT2D eigenvalue weighted by Crippen LogP contribution is 2.24. The number of benzene rings is 2. The lowest BCUT2D eigenvalue weighted by Crippen LogP contribution is -2.79. The van der Waals surface area contributed by atoms with Gasteiger partial charge in [-0.3, -0.25) is 10.7 Å². The summed E-state index contributed by atoms with van der Waals surface area (Å²) in [6.07, 6.45) is 2.64. The van der Waals surface area contributed by atoms with Crippen LogP contribution in [0.15, 0.2) is 53.6 Å². The molecule has 0 amide bonds. The Morgan fingerprint density at radius 2 is 2.04 bits per heavy atom. The van der Waals surface area contributed by atoms with Crippen LogP contribution in [0.2, 0.25) is 0 Å². The highest BCUT2D eigenvalue weighted by atomic mass is 32.2. The Kier molecular flexibility index (Phi) is 5.36. The molecule has 27 heavy (non-hydrogen) atoms. The van der Waals surface area contributed by atoms with Gasteiger partial charge < -0.3 is 9.72 Å². The summed E-state index contributed by atoms with van der Waals surface area (Å²) in [5, 5.41) is 1.14. The van der Waals surface area contributed by atoms with Crippen molar-refractivity contribution in [1.29, 1.82) is 0 Å². The van der Waals surface area contributed by atoms with Crippen molar-refractivity contribution in [3.63, 3.8) is 0 Å². The molecule has 0 saturated carbocycles. The van der Waals surface area contributed by atoms with E-state index in [1.165, 1.54) is 7.11 Å². The van der Waals surface area contributed by atoms with Gasteiger partial charge in [0.25, 0.3) is 0 Å². The van der Waals surface area contributed by atoms with Gasteiger partial charge in [0, 0.05) is 23.5 Å². The molecule has 0 aliphatic rings. The minimum atomic E-state index is -3.85. The smallest absolute Gasteiger partial charge is 0.356 e. The maximum atomic E-state index is 12.6. The minimum Gasteiger partial charge on any atom is -0.495 e. The van der Waals surface area contributed by atoms with Crippen molar-refractivity contribution in [2.75, 3.05) is 13.7 Å². The lowest BCUT2D eigenvalue weighted by molar-refractivity contribution is -0.458. The number of rotatable bonds is 6. The summed E-state index contributed by atoms with van der Waals surface area (Å²) in [4.78, 5) is 6.17. The number of nitrogens with two attached hydrogens (primary N) is 1. The number of fused-ring (bicyclic) bond motifs is 1. The molecule has 0 spiro atoms. The third-order valence-corrected chi connectivity index (χ3v) is 5.62. The molecule has 2 aromatic carbocycles. The summed E-state index contributed by atoms with van der Waals surface area (Å²) in [5.41, 5.74) is 8.85. The average Bonchev–Trinajstić information content (AvgIpc) is 3.04. The number of sulfonamides is 1. The van der Waals surface area contributed by atoms with Crippen LogP contribution in [0, 0.1) is 6.92 Å². The number of hydrogen-bond acceptors (Lipinski definition) is 3. The quantitative estimate of drug-likeness (QED) is 0.362. The Morgan fingerprint density at radius 3 is 2.81 bits per heavy atom. The van der Waals surface area contributed by atoms with Gasteiger partial charge in [0.15, 0.2) is 0 Å². The van der Waals surface area contributed by atoms with E-state index in [0.717, 1.165) is 22.0 Å². The predicted octanol–water partition coefficient (Wildman–Crippen LogP) is 0.401. The van der Waals surface area contributed by atoms with Gasteiger partial charge in [-0.1, -0.05) is 24.3 Å². The van der Waals surface area contributed by atoms with Crippen molar-refractivity contribution in [1.82, 2.24) is 9.71 Å². The zero-order valence-corrected chi connectivity index (χ0v) is 16.1. The second-order valence-electron chi connectivity index (χ2n) is 6.21. The van der Waals surface area contributed by atoms with E-state index >= 15 is 0 Å². The fraction of sp³-hybridized carbons (Fsp3) is 0.211. The largest absolute Gasteiger partial charge is 0.495 e. The fourth-order valence-electron chi connectivity index (χ4n) is 2.90. The van der Waals surface area contributed by atoms with Crippen LogP contribution in [0.1, 0.15) is 11.1 Å². The van der Waals surface area contributed by atoms with Crippen LogP contribution in [0.5, 0.6) is 5.75 Å². The number of guanidine groups is 1. The van der Waals surface area contributed by atoms with Crippen LogP contribution in [0.3, 0.4) is 0 Å². The summed E-state index contributed by atoms with van der Waals surface area (Å²) in [6, 6.07) is 12.9. The first-order chi connectivity index (χ1) is 12.9. The van der Waals surface area contributed by atoms with Gasteiger partial charge in [0.1, 0.15) is 10.6 Å². The lowest BCUT2D eigenvalue weighted by atomic mass is 10.1. The normalized spacial score (nSPS) is 12.3. The van der Waals surface area contributed by atoms with Crippen molar-refractivity contribution in [3.05, 3.63) is 59.8 Å². The molecule has 3 aromatic rings. The van der Waals surface area contributed by atoms with E-state index in [9.17, 15) is 8.42 Å². The van der Waals surface area contributed by atoms with Crippen LogP contribution in [0.4, 0.5) is 0 Å². The van der Waals surface area contributed by atoms with E-state index in [2.05, 4.69) is 14.7 Å². The van der Waals surface area contributed by atoms with Gasteiger partial charge in [-0.05, 0) is 36.2 Å². The molecular weight excluding hydrogens is 364 g/mol. The van der Waals surface area contributed by atoms with Crippen LogP contribution in [-0.4, -0.2) is 33.0 Å². The Labute approximate surface area is 158 Å². The monoisotopic (exact) mass is 387 g/mol. The van der Waals surface area contributed by atoms with Crippen LogP contribution < -0.4 is 20.2 Å². The third-order valence-electron chi connectivity index (χ3n) is 4.24. The highest BCUT2D eigenvalue weighted by molar-refractivity contribution is 7.90. The molecule has 0 radical (unpaired) electrons. The summed E-state index contributed by atoms with van der Waals surface area (Å²) >= 11 is 0. The maximum absolute atomic E-state index is 12.6. The molecule has 0 fully saturated rings. The van der Waals surface area contributed by atoms with E-state index < -0.39 is 10.0 Å². The standard InChI is InChI=1S/C19H22N4O3S/c1-13-7-8-17(26-2)18(11-13)27(24,25)23-19(20)21-10-9-14-12-22-16-6-4-3-5-15(14)16/h3-8,11-12,22H,9-10H2,1-2H3,(H3,20,21,23)/p+1. The number of para-hydroxylation sites is 1. The van der Waals surface area contributed by atoms with Crippen molar-refractivity contribution in [2.45, 2.75) is 18.2 Å². The summed E-state index contributed by atoms with van der Waals surface area (Å²) in [5.74, 6) is 0.234. The number of aromatic amines is 1. The van der Waals surface area contributed by atoms with Crippen molar-refractivity contribution >= 4 is 26.9 Å². The van der Waals surface area contributed by atoms with Gasteiger partial charge in [-0.15, -0.1) is 0 Å². The molecule has 1 heterocycles. The molecular formula is C19H23N4O3S+. The molecule has 0 unspecified atom stereocenters. The van der Waals surface area contributed by atoms with Crippen LogP contribution in [0.25, 0.3) is 10.9 Å². The first-order valence-electron chi connectivity index (χ1n) is 8.49.